The molecule has 98 valence electrons. The first kappa shape index (κ1) is 13.2. The number of carbonyl (C=O) groups excluding carboxylic acids is 1. The molecule has 1 aromatic rings. The van der Waals surface area contributed by atoms with Gasteiger partial charge in [-0.3, -0.25) is 9.69 Å². The van der Waals surface area contributed by atoms with Crippen LogP contribution < -0.4 is 0 Å². The summed E-state index contributed by atoms with van der Waals surface area (Å²) in [6, 6.07) is 5.78. The van der Waals surface area contributed by atoms with Crippen LogP contribution in [0.4, 0.5) is 4.39 Å². The van der Waals surface area contributed by atoms with Gasteiger partial charge in [-0.25, -0.2) is 4.39 Å². The standard InChI is InChI=1S/C14H18FNO2/c1-10(17)12-5-6-16(8-12)9-14(18)11-3-2-4-13(15)7-11/h2-4,7,10,12,17H,5-6,8-9H2,1H3. The van der Waals surface area contributed by atoms with Crippen molar-refractivity contribution in [1.82, 2.24) is 4.90 Å². The molecule has 1 aliphatic heterocycles. The molecule has 1 fully saturated rings. The Labute approximate surface area is 106 Å². The van der Waals surface area contributed by atoms with Crippen molar-refractivity contribution in [3.63, 3.8) is 0 Å². The van der Waals surface area contributed by atoms with Crippen molar-refractivity contribution in [2.45, 2.75) is 19.4 Å². The van der Waals surface area contributed by atoms with Gasteiger partial charge < -0.3 is 5.11 Å². The molecular formula is C14H18FNO2. The SMILES string of the molecule is CC(O)C1CCN(CC(=O)c2cccc(F)c2)C1. The molecule has 1 saturated heterocycles. The van der Waals surface area contributed by atoms with Crippen LogP contribution in [-0.2, 0) is 0 Å². The van der Waals surface area contributed by atoms with E-state index in [0.29, 0.717) is 12.1 Å². The van der Waals surface area contributed by atoms with Gasteiger partial charge in [0, 0.05) is 12.1 Å². The van der Waals surface area contributed by atoms with Crippen LogP contribution >= 0.6 is 0 Å². The van der Waals surface area contributed by atoms with E-state index < -0.39 is 0 Å². The summed E-state index contributed by atoms with van der Waals surface area (Å²) in [5, 5.41) is 9.50. The summed E-state index contributed by atoms with van der Waals surface area (Å²) in [6.45, 7) is 3.63. The van der Waals surface area contributed by atoms with Crippen LogP contribution in [0.15, 0.2) is 24.3 Å². The summed E-state index contributed by atoms with van der Waals surface area (Å²) in [7, 11) is 0. The van der Waals surface area contributed by atoms with E-state index in [2.05, 4.69) is 0 Å². The smallest absolute Gasteiger partial charge is 0.176 e. The third-order valence-corrected chi connectivity index (χ3v) is 3.50. The molecular weight excluding hydrogens is 233 g/mol. The van der Waals surface area contributed by atoms with E-state index >= 15 is 0 Å². The lowest BCUT2D eigenvalue weighted by Crippen LogP contribution is -2.29. The second-order valence-electron chi connectivity index (χ2n) is 4.96. The topological polar surface area (TPSA) is 40.5 Å². The second kappa shape index (κ2) is 5.59. The fourth-order valence-corrected chi connectivity index (χ4v) is 2.36. The predicted molar refractivity (Wildman–Crippen MR) is 67.0 cm³/mol. The fraction of sp³-hybridized carbons (Fsp3) is 0.500. The van der Waals surface area contributed by atoms with Crippen LogP contribution in [0.1, 0.15) is 23.7 Å². The van der Waals surface area contributed by atoms with Gasteiger partial charge in [-0.15, -0.1) is 0 Å². The molecule has 0 aliphatic carbocycles. The number of aliphatic hydroxyl groups excluding tert-OH is 1. The van der Waals surface area contributed by atoms with E-state index in [1.54, 1.807) is 19.1 Å². The fourth-order valence-electron chi connectivity index (χ4n) is 2.36. The zero-order valence-electron chi connectivity index (χ0n) is 10.5. The maximum Gasteiger partial charge on any atom is 0.176 e. The van der Waals surface area contributed by atoms with Gasteiger partial charge in [0.25, 0.3) is 0 Å². The Morgan fingerprint density at radius 2 is 2.39 bits per heavy atom. The summed E-state index contributed by atoms with van der Waals surface area (Å²) in [5.41, 5.74) is 0.412. The van der Waals surface area contributed by atoms with Crippen molar-refractivity contribution in [2.75, 3.05) is 19.6 Å². The van der Waals surface area contributed by atoms with Crippen LogP contribution in [0, 0.1) is 11.7 Å². The molecule has 1 heterocycles. The number of hydrogen-bond acceptors (Lipinski definition) is 3. The van der Waals surface area contributed by atoms with Crippen LogP contribution in [-0.4, -0.2) is 41.5 Å². The van der Waals surface area contributed by atoms with Crippen LogP contribution in [0.25, 0.3) is 0 Å². The van der Waals surface area contributed by atoms with Crippen molar-refractivity contribution >= 4 is 5.78 Å². The highest BCUT2D eigenvalue weighted by Gasteiger charge is 2.27. The minimum Gasteiger partial charge on any atom is -0.393 e. The van der Waals surface area contributed by atoms with Gasteiger partial charge in [0.15, 0.2) is 5.78 Å². The second-order valence-corrected chi connectivity index (χ2v) is 4.96. The van der Waals surface area contributed by atoms with Gasteiger partial charge in [0.1, 0.15) is 5.82 Å². The largest absolute Gasteiger partial charge is 0.393 e. The van der Waals surface area contributed by atoms with Crippen molar-refractivity contribution < 1.29 is 14.3 Å². The van der Waals surface area contributed by atoms with Crippen molar-refractivity contribution in [2.24, 2.45) is 5.92 Å². The first-order valence-electron chi connectivity index (χ1n) is 6.25. The first-order chi connectivity index (χ1) is 8.56. The third-order valence-electron chi connectivity index (χ3n) is 3.50. The minimum absolute atomic E-state index is 0.0688. The van der Waals surface area contributed by atoms with Gasteiger partial charge in [-0.2, -0.15) is 0 Å². The molecule has 0 radical (unpaired) electrons. The van der Waals surface area contributed by atoms with Crippen molar-refractivity contribution in [1.29, 1.82) is 0 Å². The molecule has 0 spiro atoms. The quantitative estimate of drug-likeness (QED) is 0.828. The molecule has 18 heavy (non-hydrogen) atoms. The number of aliphatic hydroxyl groups is 1. The Morgan fingerprint density at radius 3 is 3.00 bits per heavy atom. The first-order valence-corrected chi connectivity index (χ1v) is 6.25. The van der Waals surface area contributed by atoms with Gasteiger partial charge >= 0.3 is 0 Å². The van der Waals surface area contributed by atoms with Gasteiger partial charge in [0.05, 0.1) is 12.6 Å². The van der Waals surface area contributed by atoms with Crippen LogP contribution in [0.5, 0.6) is 0 Å². The zero-order chi connectivity index (χ0) is 13.1. The number of Topliss-reactive ketones (excluding diaryl/α,β-unsaturated/α-hetero) is 1. The highest BCUT2D eigenvalue weighted by Crippen LogP contribution is 2.19. The number of carbonyl (C=O) groups is 1. The highest BCUT2D eigenvalue weighted by atomic mass is 19.1. The molecule has 1 N–H and O–H groups in total. The molecule has 2 atom stereocenters. The Hall–Kier alpha value is -1.26. The monoisotopic (exact) mass is 251 g/mol. The molecule has 1 aromatic carbocycles. The maximum absolute atomic E-state index is 13.0. The minimum atomic E-state index is -0.385. The zero-order valence-corrected chi connectivity index (χ0v) is 10.5. The lowest BCUT2D eigenvalue weighted by atomic mass is 10.0. The summed E-state index contributed by atoms with van der Waals surface area (Å²) in [5.74, 6) is -0.213. The van der Waals surface area contributed by atoms with E-state index in [1.165, 1.54) is 12.1 Å². The van der Waals surface area contributed by atoms with E-state index in [1.807, 2.05) is 4.90 Å². The highest BCUT2D eigenvalue weighted by molar-refractivity contribution is 5.97. The predicted octanol–water partition coefficient (Wildman–Crippen LogP) is 1.71. The van der Waals surface area contributed by atoms with E-state index in [9.17, 15) is 14.3 Å². The Bertz CT molecular complexity index is 434. The third kappa shape index (κ3) is 3.15. The summed E-state index contributed by atoms with van der Waals surface area (Å²) in [4.78, 5) is 14.0. The number of benzene rings is 1. The summed E-state index contributed by atoms with van der Waals surface area (Å²) in [6.07, 6.45) is 0.577. The molecule has 1 aliphatic rings. The van der Waals surface area contributed by atoms with E-state index in [-0.39, 0.29) is 23.6 Å². The van der Waals surface area contributed by atoms with E-state index in [4.69, 9.17) is 0 Å². The molecule has 0 bridgehead atoms. The Morgan fingerprint density at radius 1 is 1.61 bits per heavy atom. The number of ketones is 1. The molecule has 0 amide bonds. The summed E-state index contributed by atoms with van der Waals surface area (Å²) >= 11 is 0. The molecule has 2 rings (SSSR count). The summed E-state index contributed by atoms with van der Waals surface area (Å²) < 4.78 is 13.0. The molecule has 2 unspecified atom stereocenters. The average Bonchev–Trinajstić information content (AvgIpc) is 2.77. The number of likely N-dealkylation sites (tertiary alicyclic amines) is 1. The average molecular weight is 251 g/mol. The molecule has 0 saturated carbocycles. The number of rotatable bonds is 4. The Kier molecular flexibility index (Phi) is 4.09. The molecule has 4 heteroatoms. The van der Waals surface area contributed by atoms with Crippen LogP contribution in [0.2, 0.25) is 0 Å². The normalized spacial score (nSPS) is 22.1. The number of halogens is 1. The van der Waals surface area contributed by atoms with Crippen molar-refractivity contribution in [3.8, 4) is 0 Å². The maximum atomic E-state index is 13.0. The van der Waals surface area contributed by atoms with Crippen LogP contribution in [0.3, 0.4) is 0 Å². The van der Waals surface area contributed by atoms with Gasteiger partial charge in [0.2, 0.25) is 0 Å². The number of hydrogen-bond donors (Lipinski definition) is 1. The lowest BCUT2D eigenvalue weighted by molar-refractivity contribution is 0.0925. The van der Waals surface area contributed by atoms with Crippen molar-refractivity contribution in [3.05, 3.63) is 35.6 Å². The molecule has 3 nitrogen and oxygen atoms in total. The van der Waals surface area contributed by atoms with E-state index in [0.717, 1.165) is 19.5 Å². The lowest BCUT2D eigenvalue weighted by Gasteiger charge is -2.16. The Balaban J connectivity index is 1.93. The van der Waals surface area contributed by atoms with Gasteiger partial charge in [-0.05, 0) is 37.9 Å². The number of nitrogens with zero attached hydrogens (tertiary/aromatic N) is 1. The molecule has 0 aromatic heterocycles. The van der Waals surface area contributed by atoms with Gasteiger partial charge in [-0.1, -0.05) is 12.1 Å².